The molecule has 9 heteroatoms. The van der Waals surface area contributed by atoms with Crippen LogP contribution >= 0.6 is 0 Å². The van der Waals surface area contributed by atoms with Gasteiger partial charge >= 0.3 is 0 Å². The lowest BCUT2D eigenvalue weighted by atomic mass is 10.2. The Morgan fingerprint density at radius 1 is 1.26 bits per heavy atom. The Morgan fingerprint density at radius 3 is 2.70 bits per heavy atom. The molecule has 120 valence electrons. The Kier molecular flexibility index (Phi) is 4.31. The van der Waals surface area contributed by atoms with Gasteiger partial charge in [0, 0.05) is 30.9 Å². The highest BCUT2D eigenvalue weighted by Gasteiger charge is 2.18. The molecule has 0 saturated carbocycles. The van der Waals surface area contributed by atoms with Crippen molar-refractivity contribution in [1.29, 1.82) is 0 Å². The van der Waals surface area contributed by atoms with Crippen LogP contribution in [0.2, 0.25) is 0 Å². The number of hydrogen-bond acceptors (Lipinski definition) is 8. The van der Waals surface area contributed by atoms with Crippen LogP contribution in [0.25, 0.3) is 11.4 Å². The number of hydrogen-bond donors (Lipinski definition) is 3. The van der Waals surface area contributed by atoms with Crippen LogP contribution in [-0.4, -0.2) is 47.2 Å². The third kappa shape index (κ3) is 3.35. The van der Waals surface area contributed by atoms with E-state index in [1.807, 2.05) is 4.90 Å². The molecular formula is C14H17N7O2. The molecule has 0 aliphatic carbocycles. The molecule has 2 aromatic rings. The second-order valence-corrected chi connectivity index (χ2v) is 4.98. The van der Waals surface area contributed by atoms with Gasteiger partial charge in [-0.2, -0.15) is 0 Å². The predicted molar refractivity (Wildman–Crippen MR) is 84.4 cm³/mol. The minimum atomic E-state index is -0.480. The summed E-state index contributed by atoms with van der Waals surface area (Å²) < 4.78 is 5.34. The van der Waals surface area contributed by atoms with Crippen molar-refractivity contribution in [3.8, 4) is 11.4 Å². The van der Waals surface area contributed by atoms with Crippen molar-refractivity contribution >= 4 is 17.5 Å². The molecular weight excluding hydrogens is 298 g/mol. The molecule has 1 aliphatic rings. The zero-order chi connectivity index (χ0) is 16.2. The Hall–Kier alpha value is -2.78. The molecule has 2 aromatic heterocycles. The van der Waals surface area contributed by atoms with Gasteiger partial charge in [0.2, 0.25) is 0 Å². The normalized spacial score (nSPS) is 14.6. The second-order valence-electron chi connectivity index (χ2n) is 4.98. The second kappa shape index (κ2) is 6.55. The lowest BCUT2D eigenvalue weighted by Crippen LogP contribution is -2.37. The monoisotopic (exact) mass is 315 g/mol. The highest BCUT2D eigenvalue weighted by atomic mass is 16.5. The number of pyridine rings is 1. The summed E-state index contributed by atoms with van der Waals surface area (Å²) in [6.45, 7) is 2.61. The average molecular weight is 315 g/mol. The number of hydrazine groups is 1. The number of aromatic nitrogens is 3. The number of nitrogen functional groups attached to an aromatic ring is 2. The van der Waals surface area contributed by atoms with E-state index >= 15 is 0 Å². The summed E-state index contributed by atoms with van der Waals surface area (Å²) >= 11 is 0. The summed E-state index contributed by atoms with van der Waals surface area (Å²) in [6.07, 6.45) is 1.57. The van der Waals surface area contributed by atoms with Gasteiger partial charge in [0.1, 0.15) is 17.3 Å². The van der Waals surface area contributed by atoms with Gasteiger partial charge in [-0.25, -0.2) is 20.8 Å². The highest BCUT2D eigenvalue weighted by Crippen LogP contribution is 2.21. The predicted octanol–water partition coefficient (Wildman–Crippen LogP) is -0.439. The summed E-state index contributed by atoms with van der Waals surface area (Å²) in [7, 11) is 0. The number of amides is 1. The van der Waals surface area contributed by atoms with Crippen LogP contribution in [0.3, 0.4) is 0 Å². The summed E-state index contributed by atoms with van der Waals surface area (Å²) in [6, 6.07) is 5.02. The van der Waals surface area contributed by atoms with Gasteiger partial charge in [0.25, 0.3) is 5.91 Å². The Labute approximate surface area is 132 Å². The van der Waals surface area contributed by atoms with Crippen LogP contribution < -0.4 is 21.9 Å². The van der Waals surface area contributed by atoms with E-state index in [0.29, 0.717) is 49.3 Å². The van der Waals surface area contributed by atoms with Crippen molar-refractivity contribution in [3.05, 3.63) is 30.1 Å². The number of nitrogens with one attached hydrogen (secondary N) is 1. The molecule has 0 unspecified atom stereocenters. The van der Waals surface area contributed by atoms with Crippen molar-refractivity contribution < 1.29 is 9.53 Å². The maximum absolute atomic E-state index is 11.9. The van der Waals surface area contributed by atoms with Crippen LogP contribution in [0.15, 0.2) is 24.4 Å². The van der Waals surface area contributed by atoms with E-state index in [1.165, 1.54) is 0 Å². The Morgan fingerprint density at radius 2 is 2.04 bits per heavy atom. The summed E-state index contributed by atoms with van der Waals surface area (Å²) in [5.74, 6) is 6.18. The molecule has 0 aromatic carbocycles. The van der Waals surface area contributed by atoms with Gasteiger partial charge in [0.05, 0.1) is 13.2 Å². The third-order valence-electron chi connectivity index (χ3n) is 3.46. The summed E-state index contributed by atoms with van der Waals surface area (Å²) in [4.78, 5) is 26.7. The van der Waals surface area contributed by atoms with E-state index in [-0.39, 0.29) is 5.69 Å². The number of nitrogens with two attached hydrogens (primary N) is 2. The fourth-order valence-corrected chi connectivity index (χ4v) is 2.25. The molecule has 0 radical (unpaired) electrons. The number of nitrogens with zero attached hydrogens (tertiary/aromatic N) is 4. The first-order chi connectivity index (χ1) is 11.2. The SMILES string of the molecule is NNC(=O)c1cc(N2CCOCC2)nc(-c2ccc(N)nc2)n1. The van der Waals surface area contributed by atoms with Crippen LogP contribution in [0.4, 0.5) is 11.6 Å². The van der Waals surface area contributed by atoms with Crippen molar-refractivity contribution in [1.82, 2.24) is 20.4 Å². The van der Waals surface area contributed by atoms with Crippen LogP contribution in [0.5, 0.6) is 0 Å². The Bertz CT molecular complexity index is 699. The molecule has 9 nitrogen and oxygen atoms in total. The highest BCUT2D eigenvalue weighted by molar-refractivity contribution is 5.93. The van der Waals surface area contributed by atoms with E-state index in [4.69, 9.17) is 16.3 Å². The molecule has 0 spiro atoms. The molecule has 3 heterocycles. The number of carbonyl (C=O) groups excluding carboxylic acids is 1. The van der Waals surface area contributed by atoms with Crippen LogP contribution in [0, 0.1) is 0 Å². The maximum atomic E-state index is 11.9. The third-order valence-corrected chi connectivity index (χ3v) is 3.46. The quantitative estimate of drug-likeness (QED) is 0.394. The van der Waals surface area contributed by atoms with E-state index < -0.39 is 5.91 Å². The van der Waals surface area contributed by atoms with Gasteiger partial charge in [-0.1, -0.05) is 0 Å². The lowest BCUT2D eigenvalue weighted by molar-refractivity contribution is 0.0948. The fourth-order valence-electron chi connectivity index (χ4n) is 2.25. The van der Waals surface area contributed by atoms with Crippen LogP contribution in [-0.2, 0) is 4.74 Å². The number of ether oxygens (including phenoxy) is 1. The van der Waals surface area contributed by atoms with E-state index in [2.05, 4.69) is 20.4 Å². The number of morpholine rings is 1. The van der Waals surface area contributed by atoms with Crippen molar-refractivity contribution in [2.75, 3.05) is 36.9 Å². The minimum Gasteiger partial charge on any atom is -0.384 e. The zero-order valence-corrected chi connectivity index (χ0v) is 12.4. The molecule has 0 bridgehead atoms. The number of rotatable bonds is 3. The van der Waals surface area contributed by atoms with Crippen molar-refractivity contribution in [3.63, 3.8) is 0 Å². The number of carbonyl (C=O) groups is 1. The van der Waals surface area contributed by atoms with E-state index in [0.717, 1.165) is 0 Å². The molecule has 5 N–H and O–H groups in total. The zero-order valence-electron chi connectivity index (χ0n) is 12.4. The van der Waals surface area contributed by atoms with Gasteiger partial charge in [-0.3, -0.25) is 10.2 Å². The molecule has 0 atom stereocenters. The van der Waals surface area contributed by atoms with Gasteiger partial charge in [-0.05, 0) is 12.1 Å². The molecule has 1 fully saturated rings. The smallest absolute Gasteiger partial charge is 0.283 e. The lowest BCUT2D eigenvalue weighted by Gasteiger charge is -2.28. The standard InChI is InChI=1S/C14H17N7O2/c15-11-2-1-9(8-17-11)13-18-10(14(22)20-16)7-12(19-13)21-3-5-23-6-4-21/h1-2,7-8H,3-6,16H2,(H2,15,17)(H,20,22). The minimum absolute atomic E-state index is 0.191. The Balaban J connectivity index is 2.03. The van der Waals surface area contributed by atoms with Gasteiger partial charge < -0.3 is 15.4 Å². The van der Waals surface area contributed by atoms with Crippen LogP contribution in [0.1, 0.15) is 10.5 Å². The van der Waals surface area contributed by atoms with E-state index in [1.54, 1.807) is 24.4 Å². The van der Waals surface area contributed by atoms with Gasteiger partial charge in [-0.15, -0.1) is 0 Å². The molecule has 1 amide bonds. The topological polar surface area (TPSA) is 132 Å². The first kappa shape index (κ1) is 15.1. The maximum Gasteiger partial charge on any atom is 0.283 e. The average Bonchev–Trinajstić information content (AvgIpc) is 2.62. The van der Waals surface area contributed by atoms with E-state index in [9.17, 15) is 4.79 Å². The van der Waals surface area contributed by atoms with Gasteiger partial charge in [0.15, 0.2) is 5.82 Å². The summed E-state index contributed by atoms with van der Waals surface area (Å²) in [5, 5.41) is 0. The summed E-state index contributed by atoms with van der Waals surface area (Å²) in [5.41, 5.74) is 8.55. The first-order valence-corrected chi connectivity index (χ1v) is 7.12. The van der Waals surface area contributed by atoms with Crippen molar-refractivity contribution in [2.45, 2.75) is 0 Å². The first-order valence-electron chi connectivity index (χ1n) is 7.12. The van der Waals surface area contributed by atoms with Crippen molar-refractivity contribution in [2.24, 2.45) is 5.84 Å². The molecule has 1 aliphatic heterocycles. The number of anilines is 2. The molecule has 1 saturated heterocycles. The fraction of sp³-hybridized carbons (Fsp3) is 0.286. The molecule has 23 heavy (non-hydrogen) atoms. The largest absolute Gasteiger partial charge is 0.384 e. The molecule has 3 rings (SSSR count).